The lowest BCUT2D eigenvalue weighted by atomic mass is 9.81. The Kier molecular flexibility index (Phi) is 5.00. The van der Waals surface area contributed by atoms with Gasteiger partial charge in [-0.2, -0.15) is 0 Å². The van der Waals surface area contributed by atoms with Gasteiger partial charge in [0.1, 0.15) is 0 Å². The van der Waals surface area contributed by atoms with Gasteiger partial charge in [0.15, 0.2) is 0 Å². The second-order valence-corrected chi connectivity index (χ2v) is 11.2. The van der Waals surface area contributed by atoms with Crippen molar-refractivity contribution in [2.24, 2.45) is 0 Å². The van der Waals surface area contributed by atoms with Crippen LogP contribution in [0.2, 0.25) is 0 Å². The highest BCUT2D eigenvalue weighted by molar-refractivity contribution is 6.40. The quantitative estimate of drug-likeness (QED) is 0.157. The average molecular weight is 531 g/mol. The number of benzene rings is 9. The molecule has 9 aromatic rings. The average Bonchev–Trinajstić information content (AvgIpc) is 3.07. The summed E-state index contributed by atoms with van der Waals surface area (Å²) in [7, 11) is 0. The zero-order valence-electron chi connectivity index (χ0n) is 23.0. The van der Waals surface area contributed by atoms with Crippen LogP contribution in [-0.4, -0.2) is 0 Å². The molecule has 0 aliphatic carbocycles. The highest BCUT2D eigenvalue weighted by Gasteiger charge is 2.21. The second kappa shape index (κ2) is 9.03. The van der Waals surface area contributed by atoms with Crippen LogP contribution in [0.5, 0.6) is 0 Å². The lowest BCUT2D eigenvalue weighted by molar-refractivity contribution is 1.58. The molecule has 0 radical (unpaired) electrons. The molecule has 0 aliphatic rings. The number of rotatable bonds is 3. The molecule has 42 heavy (non-hydrogen) atoms. The van der Waals surface area contributed by atoms with E-state index in [9.17, 15) is 0 Å². The lowest BCUT2D eigenvalue weighted by Gasteiger charge is -2.21. The summed E-state index contributed by atoms with van der Waals surface area (Å²) in [6.45, 7) is 0. The third-order valence-corrected chi connectivity index (χ3v) is 8.99. The van der Waals surface area contributed by atoms with Crippen molar-refractivity contribution in [1.82, 2.24) is 0 Å². The smallest absolute Gasteiger partial charge is 0.00137 e. The summed E-state index contributed by atoms with van der Waals surface area (Å²) in [5.41, 5.74) is 7.50. The summed E-state index contributed by atoms with van der Waals surface area (Å²) in [5.74, 6) is 0. The van der Waals surface area contributed by atoms with Crippen LogP contribution in [0.25, 0.3) is 87.2 Å². The molecule has 0 N–H and O–H groups in total. The monoisotopic (exact) mass is 530 g/mol. The van der Waals surface area contributed by atoms with Crippen molar-refractivity contribution in [1.29, 1.82) is 0 Å². The summed E-state index contributed by atoms with van der Waals surface area (Å²) in [6, 6.07) is 58.0. The summed E-state index contributed by atoms with van der Waals surface area (Å²) < 4.78 is 0. The second-order valence-electron chi connectivity index (χ2n) is 11.2. The third kappa shape index (κ3) is 3.30. The van der Waals surface area contributed by atoms with Gasteiger partial charge >= 0.3 is 0 Å². The predicted molar refractivity (Wildman–Crippen MR) is 181 cm³/mol. The molecular formula is C42H26. The van der Waals surface area contributed by atoms with Gasteiger partial charge in [0.2, 0.25) is 0 Å². The first kappa shape index (κ1) is 23.3. The van der Waals surface area contributed by atoms with Crippen molar-refractivity contribution in [2.75, 3.05) is 0 Å². The molecule has 9 rings (SSSR count). The minimum Gasteiger partial charge on any atom is -0.0622 e. The molecule has 194 valence electrons. The van der Waals surface area contributed by atoms with E-state index in [2.05, 4.69) is 158 Å². The molecule has 0 heterocycles. The van der Waals surface area contributed by atoms with Gasteiger partial charge in [-0.25, -0.2) is 0 Å². The zero-order chi connectivity index (χ0) is 27.6. The van der Waals surface area contributed by atoms with E-state index in [0.717, 1.165) is 0 Å². The largest absolute Gasteiger partial charge is 0.0622 e. The van der Waals surface area contributed by atoms with Gasteiger partial charge in [0.25, 0.3) is 0 Å². The molecule has 0 heteroatoms. The van der Waals surface area contributed by atoms with Gasteiger partial charge in [-0.05, 0) is 93.3 Å². The highest BCUT2D eigenvalue weighted by Crippen LogP contribution is 2.49. The van der Waals surface area contributed by atoms with Crippen molar-refractivity contribution < 1.29 is 0 Å². The Morgan fingerprint density at radius 3 is 1.55 bits per heavy atom. The van der Waals surface area contributed by atoms with Crippen LogP contribution in [0.15, 0.2) is 158 Å². The van der Waals surface area contributed by atoms with Gasteiger partial charge in [0, 0.05) is 0 Å². The molecular weight excluding hydrogens is 504 g/mol. The Morgan fingerprint density at radius 2 is 0.786 bits per heavy atom. The van der Waals surface area contributed by atoms with E-state index in [1.807, 2.05) is 0 Å². The lowest BCUT2D eigenvalue weighted by Crippen LogP contribution is -1.94. The Balaban J connectivity index is 1.52. The Labute approximate surface area is 244 Å². The van der Waals surface area contributed by atoms with Crippen molar-refractivity contribution >= 4 is 53.9 Å². The number of hydrogen-bond acceptors (Lipinski definition) is 0. The van der Waals surface area contributed by atoms with Gasteiger partial charge in [-0.15, -0.1) is 0 Å². The highest BCUT2D eigenvalue weighted by atomic mass is 14.2. The van der Waals surface area contributed by atoms with Crippen molar-refractivity contribution in [3.63, 3.8) is 0 Å². The van der Waals surface area contributed by atoms with Gasteiger partial charge in [0.05, 0.1) is 0 Å². The van der Waals surface area contributed by atoms with Gasteiger partial charge in [-0.3, -0.25) is 0 Å². The van der Waals surface area contributed by atoms with E-state index in [4.69, 9.17) is 0 Å². The SMILES string of the molecule is c1ccc(-c2ccc(-c3ccccc3)c(-c3c4ccccc4c4c5cccc6cccc(c7cccc3c74)c65)c2)cc1. The standard InChI is InChI=1S/C42H26/c1-3-12-27(13-4-1)30-24-25-31(28-14-5-2-6-15-28)38(26-30)40-33-18-7-8-19-34(33)41-36-22-10-17-29-16-9-20-32(39(29)36)35-21-11-23-37(40)42(35)41/h1-26H. The summed E-state index contributed by atoms with van der Waals surface area (Å²) in [4.78, 5) is 0. The van der Waals surface area contributed by atoms with Crippen LogP contribution in [0, 0.1) is 0 Å². The molecule has 0 nitrogen and oxygen atoms in total. The maximum Gasteiger partial charge on any atom is -0.00137 e. The Morgan fingerprint density at radius 1 is 0.262 bits per heavy atom. The van der Waals surface area contributed by atoms with E-state index in [-0.39, 0.29) is 0 Å². The van der Waals surface area contributed by atoms with Crippen LogP contribution < -0.4 is 0 Å². The predicted octanol–water partition coefficient (Wildman–Crippen LogP) is 11.9. The Bertz CT molecular complexity index is 2430. The minimum atomic E-state index is 1.23. The molecule has 0 atom stereocenters. The van der Waals surface area contributed by atoms with E-state index in [0.29, 0.717) is 0 Å². The fourth-order valence-electron chi connectivity index (χ4n) is 7.23. The maximum absolute atomic E-state index is 2.41. The minimum absolute atomic E-state index is 1.23. The van der Waals surface area contributed by atoms with Gasteiger partial charge < -0.3 is 0 Å². The summed E-state index contributed by atoms with van der Waals surface area (Å²) in [6.07, 6.45) is 0. The summed E-state index contributed by atoms with van der Waals surface area (Å²) >= 11 is 0. The molecule has 0 unspecified atom stereocenters. The maximum atomic E-state index is 2.41. The van der Waals surface area contributed by atoms with E-state index >= 15 is 0 Å². The molecule has 0 fully saturated rings. The zero-order valence-corrected chi connectivity index (χ0v) is 23.0. The van der Waals surface area contributed by atoms with Crippen LogP contribution in [0.4, 0.5) is 0 Å². The first-order valence-electron chi connectivity index (χ1n) is 14.6. The van der Waals surface area contributed by atoms with Crippen LogP contribution in [-0.2, 0) is 0 Å². The van der Waals surface area contributed by atoms with Crippen LogP contribution in [0.1, 0.15) is 0 Å². The third-order valence-electron chi connectivity index (χ3n) is 8.99. The Hall–Kier alpha value is -5.46. The first-order chi connectivity index (χ1) is 20.9. The van der Waals surface area contributed by atoms with Crippen molar-refractivity contribution in [3.8, 4) is 33.4 Å². The normalized spacial score (nSPS) is 11.8. The molecule has 0 bridgehead atoms. The van der Waals surface area contributed by atoms with E-state index in [1.54, 1.807) is 0 Å². The first-order valence-corrected chi connectivity index (χ1v) is 14.6. The summed E-state index contributed by atoms with van der Waals surface area (Å²) in [5, 5.41) is 13.2. The molecule has 0 saturated heterocycles. The molecule has 9 aromatic carbocycles. The van der Waals surface area contributed by atoms with E-state index in [1.165, 1.54) is 87.2 Å². The van der Waals surface area contributed by atoms with Crippen molar-refractivity contribution in [2.45, 2.75) is 0 Å². The molecule has 0 spiro atoms. The molecule has 0 aromatic heterocycles. The van der Waals surface area contributed by atoms with Gasteiger partial charge in [-0.1, -0.05) is 152 Å². The van der Waals surface area contributed by atoms with Crippen LogP contribution in [0.3, 0.4) is 0 Å². The fourth-order valence-corrected chi connectivity index (χ4v) is 7.23. The molecule has 0 amide bonds. The molecule has 0 saturated carbocycles. The topological polar surface area (TPSA) is 0 Å². The molecule has 0 aliphatic heterocycles. The van der Waals surface area contributed by atoms with Crippen molar-refractivity contribution in [3.05, 3.63) is 158 Å². The number of fused-ring (bicyclic) bond motifs is 4. The fraction of sp³-hybridized carbons (Fsp3) is 0. The van der Waals surface area contributed by atoms with E-state index < -0.39 is 0 Å². The van der Waals surface area contributed by atoms with Crippen LogP contribution >= 0.6 is 0 Å². The number of hydrogen-bond donors (Lipinski definition) is 0.